The monoisotopic (exact) mass is 258 g/mol. The van der Waals surface area contributed by atoms with Crippen LogP contribution >= 0.6 is 0 Å². The van der Waals surface area contributed by atoms with E-state index in [1.54, 1.807) is 0 Å². The predicted octanol–water partition coefficient (Wildman–Crippen LogP) is 2.07. The maximum absolute atomic E-state index is 11.8. The molecule has 3 N–H and O–H groups in total. The Balaban J connectivity index is 4.05. The van der Waals surface area contributed by atoms with Crippen LogP contribution in [0.15, 0.2) is 0 Å². The Hall–Kier alpha value is -0.610. The SMILES string of the molecule is CC(C)(N)CCOC(C)(C)CNC(=O)C(C)(C)C. The van der Waals surface area contributed by atoms with Crippen molar-refractivity contribution in [3.63, 3.8) is 0 Å². The van der Waals surface area contributed by atoms with Gasteiger partial charge in [-0.05, 0) is 34.1 Å². The van der Waals surface area contributed by atoms with Crippen LogP contribution in [0.5, 0.6) is 0 Å². The summed E-state index contributed by atoms with van der Waals surface area (Å²) in [5.74, 6) is 0.0401. The topological polar surface area (TPSA) is 64.3 Å². The zero-order valence-corrected chi connectivity index (χ0v) is 13.0. The number of rotatable bonds is 6. The fraction of sp³-hybridized carbons (Fsp3) is 0.929. The van der Waals surface area contributed by atoms with Gasteiger partial charge in [0.05, 0.1) is 5.60 Å². The highest BCUT2D eigenvalue weighted by Crippen LogP contribution is 2.15. The van der Waals surface area contributed by atoms with Crippen LogP contribution in [0.3, 0.4) is 0 Å². The second-order valence-corrected chi connectivity index (χ2v) is 7.28. The number of hydrogen-bond donors (Lipinski definition) is 2. The van der Waals surface area contributed by atoms with Crippen molar-refractivity contribution in [3.05, 3.63) is 0 Å². The molecule has 0 bridgehead atoms. The Kier molecular flexibility index (Phi) is 5.82. The number of nitrogens with one attached hydrogen (secondary N) is 1. The number of nitrogens with two attached hydrogens (primary N) is 1. The number of hydrogen-bond acceptors (Lipinski definition) is 3. The second kappa shape index (κ2) is 6.02. The van der Waals surface area contributed by atoms with Crippen molar-refractivity contribution < 1.29 is 9.53 Å². The highest BCUT2D eigenvalue weighted by atomic mass is 16.5. The van der Waals surface area contributed by atoms with Crippen LogP contribution in [0.25, 0.3) is 0 Å². The van der Waals surface area contributed by atoms with Crippen molar-refractivity contribution in [2.45, 2.75) is 66.0 Å². The molecule has 0 atom stereocenters. The minimum atomic E-state index is -0.369. The summed E-state index contributed by atoms with van der Waals surface area (Å²) in [6, 6.07) is 0. The van der Waals surface area contributed by atoms with E-state index in [1.807, 2.05) is 48.5 Å². The van der Waals surface area contributed by atoms with Gasteiger partial charge in [0.2, 0.25) is 5.91 Å². The molecule has 0 saturated carbocycles. The molecule has 0 fully saturated rings. The lowest BCUT2D eigenvalue weighted by Gasteiger charge is -2.29. The Morgan fingerprint density at radius 2 is 1.61 bits per heavy atom. The van der Waals surface area contributed by atoms with E-state index in [9.17, 15) is 4.79 Å². The number of carbonyl (C=O) groups excluding carboxylic acids is 1. The molecule has 4 nitrogen and oxygen atoms in total. The lowest BCUT2D eigenvalue weighted by Crippen LogP contribution is -2.45. The Morgan fingerprint density at radius 1 is 1.11 bits per heavy atom. The summed E-state index contributed by atoms with van der Waals surface area (Å²) in [5.41, 5.74) is 4.94. The molecule has 4 heteroatoms. The van der Waals surface area contributed by atoms with Crippen LogP contribution in [-0.4, -0.2) is 30.2 Å². The van der Waals surface area contributed by atoms with Gasteiger partial charge in [0.1, 0.15) is 0 Å². The molecule has 18 heavy (non-hydrogen) atoms. The first kappa shape index (κ1) is 17.4. The van der Waals surface area contributed by atoms with Gasteiger partial charge < -0.3 is 15.8 Å². The summed E-state index contributed by atoms with van der Waals surface area (Å²) in [6.07, 6.45) is 0.795. The minimum Gasteiger partial charge on any atom is -0.374 e. The first-order chi connectivity index (χ1) is 7.83. The lowest BCUT2D eigenvalue weighted by atomic mass is 9.95. The zero-order chi connectivity index (χ0) is 14.6. The van der Waals surface area contributed by atoms with Gasteiger partial charge in [-0.1, -0.05) is 20.8 Å². The van der Waals surface area contributed by atoms with Gasteiger partial charge >= 0.3 is 0 Å². The van der Waals surface area contributed by atoms with Crippen molar-refractivity contribution >= 4 is 5.91 Å². The maximum Gasteiger partial charge on any atom is 0.225 e. The van der Waals surface area contributed by atoms with Gasteiger partial charge in [-0.25, -0.2) is 0 Å². The van der Waals surface area contributed by atoms with E-state index in [0.29, 0.717) is 13.2 Å². The van der Waals surface area contributed by atoms with Crippen molar-refractivity contribution in [3.8, 4) is 0 Å². The van der Waals surface area contributed by atoms with Crippen LogP contribution in [0.1, 0.15) is 54.9 Å². The van der Waals surface area contributed by atoms with E-state index in [0.717, 1.165) is 6.42 Å². The van der Waals surface area contributed by atoms with E-state index in [-0.39, 0.29) is 22.5 Å². The summed E-state index contributed by atoms with van der Waals surface area (Å²) in [7, 11) is 0. The molecule has 0 saturated heterocycles. The predicted molar refractivity (Wildman–Crippen MR) is 75.4 cm³/mol. The van der Waals surface area contributed by atoms with Crippen molar-refractivity contribution in [2.24, 2.45) is 11.1 Å². The summed E-state index contributed by atoms with van der Waals surface area (Å²) < 4.78 is 5.77. The molecule has 0 rings (SSSR count). The molecule has 0 aromatic heterocycles. The smallest absolute Gasteiger partial charge is 0.225 e. The third kappa shape index (κ3) is 8.48. The van der Waals surface area contributed by atoms with Crippen molar-refractivity contribution in [2.75, 3.05) is 13.2 Å². The summed E-state index contributed by atoms with van der Waals surface area (Å²) in [4.78, 5) is 11.8. The molecule has 0 aliphatic carbocycles. The molecule has 0 unspecified atom stereocenters. The van der Waals surface area contributed by atoms with Crippen LogP contribution in [0.4, 0.5) is 0 Å². The second-order valence-electron chi connectivity index (χ2n) is 7.28. The van der Waals surface area contributed by atoms with Gasteiger partial charge in [-0.2, -0.15) is 0 Å². The van der Waals surface area contributed by atoms with Crippen LogP contribution in [0, 0.1) is 5.41 Å². The van der Waals surface area contributed by atoms with Gasteiger partial charge in [-0.15, -0.1) is 0 Å². The summed E-state index contributed by atoms with van der Waals surface area (Å²) in [5, 5.41) is 2.92. The molecule has 108 valence electrons. The first-order valence-corrected chi connectivity index (χ1v) is 6.55. The molecule has 0 aromatic carbocycles. The normalized spacial score (nSPS) is 13.6. The van der Waals surface area contributed by atoms with E-state index < -0.39 is 0 Å². The molecular weight excluding hydrogens is 228 g/mol. The maximum atomic E-state index is 11.8. The van der Waals surface area contributed by atoms with Gasteiger partial charge in [0, 0.05) is 24.1 Å². The molecule has 0 aromatic rings. The van der Waals surface area contributed by atoms with E-state index in [4.69, 9.17) is 10.5 Å². The summed E-state index contributed by atoms with van der Waals surface area (Å²) >= 11 is 0. The van der Waals surface area contributed by atoms with E-state index in [1.165, 1.54) is 0 Å². The highest BCUT2D eigenvalue weighted by molar-refractivity contribution is 5.81. The molecule has 0 aliphatic heterocycles. The zero-order valence-electron chi connectivity index (χ0n) is 13.0. The third-order valence-corrected chi connectivity index (χ3v) is 2.60. The molecule has 0 heterocycles. The summed E-state index contributed by atoms with van der Waals surface area (Å²) in [6.45, 7) is 14.7. The fourth-order valence-corrected chi connectivity index (χ4v) is 1.20. The molecule has 0 radical (unpaired) electrons. The van der Waals surface area contributed by atoms with Crippen LogP contribution in [0.2, 0.25) is 0 Å². The van der Waals surface area contributed by atoms with Gasteiger partial charge in [-0.3, -0.25) is 4.79 Å². The number of carbonyl (C=O) groups is 1. The lowest BCUT2D eigenvalue weighted by molar-refractivity contribution is -0.130. The number of ether oxygens (including phenoxy) is 1. The molecule has 1 amide bonds. The highest BCUT2D eigenvalue weighted by Gasteiger charge is 2.25. The fourth-order valence-electron chi connectivity index (χ4n) is 1.20. The molecule has 0 spiro atoms. The quantitative estimate of drug-likeness (QED) is 0.766. The number of amides is 1. The van der Waals surface area contributed by atoms with Crippen LogP contribution < -0.4 is 11.1 Å². The van der Waals surface area contributed by atoms with Crippen LogP contribution in [-0.2, 0) is 9.53 Å². The molecule has 0 aliphatic rings. The Bertz CT molecular complexity index is 272. The van der Waals surface area contributed by atoms with E-state index >= 15 is 0 Å². The van der Waals surface area contributed by atoms with E-state index in [2.05, 4.69) is 5.32 Å². The molecular formula is C14H30N2O2. The Morgan fingerprint density at radius 3 is 2.00 bits per heavy atom. The van der Waals surface area contributed by atoms with Crippen molar-refractivity contribution in [1.29, 1.82) is 0 Å². The standard InChI is InChI=1S/C14H30N2O2/c1-12(2,3)11(17)16-10-14(6,7)18-9-8-13(4,5)15/h8-10,15H2,1-7H3,(H,16,17). The van der Waals surface area contributed by atoms with Crippen molar-refractivity contribution in [1.82, 2.24) is 5.32 Å². The third-order valence-electron chi connectivity index (χ3n) is 2.60. The first-order valence-electron chi connectivity index (χ1n) is 6.55. The van der Waals surface area contributed by atoms with Gasteiger partial charge in [0.25, 0.3) is 0 Å². The average molecular weight is 258 g/mol. The largest absolute Gasteiger partial charge is 0.374 e. The average Bonchev–Trinajstić information content (AvgIpc) is 2.10. The van der Waals surface area contributed by atoms with Gasteiger partial charge in [0.15, 0.2) is 0 Å². The Labute approximate surface area is 112 Å². The minimum absolute atomic E-state index is 0.0401.